The first-order valence-electron chi connectivity index (χ1n) is 6.09. The number of halogens is 4. The van der Waals surface area contributed by atoms with Crippen LogP contribution in [0.15, 0.2) is 30.3 Å². The summed E-state index contributed by atoms with van der Waals surface area (Å²) in [6.07, 6.45) is 0.224. The molecule has 2 aromatic carbocycles. The van der Waals surface area contributed by atoms with E-state index in [-0.39, 0.29) is 29.5 Å². The van der Waals surface area contributed by atoms with Crippen LogP contribution in [-0.2, 0) is 12.0 Å². The zero-order valence-electron chi connectivity index (χ0n) is 10.3. The van der Waals surface area contributed by atoms with Crippen molar-refractivity contribution in [2.45, 2.75) is 18.4 Å². The molecule has 104 valence electrons. The second kappa shape index (κ2) is 4.31. The highest BCUT2D eigenvalue weighted by Gasteiger charge is 2.42. The predicted molar refractivity (Wildman–Crippen MR) is 64.0 cm³/mol. The molecular formula is C15H10F4O. The van der Waals surface area contributed by atoms with E-state index >= 15 is 0 Å². The number of rotatable bonds is 1. The number of benzene rings is 2. The molecule has 0 saturated heterocycles. The smallest absolute Gasteiger partial charge is 0.194 e. The Morgan fingerprint density at radius 3 is 2.35 bits per heavy atom. The van der Waals surface area contributed by atoms with Crippen LogP contribution in [-0.4, -0.2) is 5.11 Å². The Balaban J connectivity index is 2.22. The first-order valence-corrected chi connectivity index (χ1v) is 6.09. The average molecular weight is 282 g/mol. The average Bonchev–Trinajstić information content (AvgIpc) is 2.76. The third kappa shape index (κ3) is 1.66. The highest BCUT2D eigenvalue weighted by atomic mass is 19.2. The van der Waals surface area contributed by atoms with Crippen molar-refractivity contribution in [1.29, 1.82) is 0 Å². The molecular weight excluding hydrogens is 272 g/mol. The lowest BCUT2D eigenvalue weighted by Crippen LogP contribution is -2.26. The summed E-state index contributed by atoms with van der Waals surface area (Å²) in [6.45, 7) is 0. The summed E-state index contributed by atoms with van der Waals surface area (Å²) >= 11 is 0. The Kier molecular flexibility index (Phi) is 2.83. The molecule has 0 fully saturated rings. The van der Waals surface area contributed by atoms with Gasteiger partial charge >= 0.3 is 0 Å². The lowest BCUT2D eigenvalue weighted by molar-refractivity contribution is 0.0777. The Hall–Kier alpha value is -1.88. The molecule has 20 heavy (non-hydrogen) atoms. The van der Waals surface area contributed by atoms with Crippen LogP contribution in [0.1, 0.15) is 23.1 Å². The molecule has 0 saturated carbocycles. The van der Waals surface area contributed by atoms with Crippen molar-refractivity contribution in [1.82, 2.24) is 0 Å². The molecule has 0 heterocycles. The quantitative estimate of drug-likeness (QED) is 0.627. The van der Waals surface area contributed by atoms with Gasteiger partial charge in [-0.25, -0.2) is 17.6 Å². The van der Waals surface area contributed by atoms with E-state index in [1.165, 1.54) is 18.2 Å². The van der Waals surface area contributed by atoms with E-state index in [9.17, 15) is 22.7 Å². The molecule has 1 aliphatic carbocycles. The van der Waals surface area contributed by atoms with Crippen molar-refractivity contribution in [3.63, 3.8) is 0 Å². The largest absolute Gasteiger partial charge is 0.380 e. The fourth-order valence-corrected chi connectivity index (χ4v) is 2.77. The van der Waals surface area contributed by atoms with Crippen molar-refractivity contribution in [2.75, 3.05) is 0 Å². The maximum Gasteiger partial charge on any atom is 0.194 e. The third-order valence-electron chi connectivity index (χ3n) is 3.78. The number of hydrogen-bond acceptors (Lipinski definition) is 1. The van der Waals surface area contributed by atoms with E-state index in [1.54, 1.807) is 0 Å². The SMILES string of the molecule is OC1(c2ccc(F)c(F)c2F)CCc2c(F)cccc21. The van der Waals surface area contributed by atoms with Gasteiger partial charge in [0.1, 0.15) is 11.4 Å². The molecule has 0 aliphatic heterocycles. The Labute approximate surface area is 112 Å². The first-order chi connectivity index (χ1) is 9.45. The van der Waals surface area contributed by atoms with Crippen molar-refractivity contribution < 1.29 is 22.7 Å². The van der Waals surface area contributed by atoms with Crippen molar-refractivity contribution in [3.05, 3.63) is 70.3 Å². The number of aliphatic hydroxyl groups is 1. The summed E-state index contributed by atoms with van der Waals surface area (Å²) in [4.78, 5) is 0. The van der Waals surface area contributed by atoms with Gasteiger partial charge in [-0.3, -0.25) is 0 Å². The van der Waals surface area contributed by atoms with Crippen molar-refractivity contribution >= 4 is 0 Å². The summed E-state index contributed by atoms with van der Waals surface area (Å²) in [5.41, 5.74) is -1.74. The molecule has 1 aliphatic rings. The summed E-state index contributed by atoms with van der Waals surface area (Å²) in [6, 6.07) is 5.84. The molecule has 1 atom stereocenters. The molecule has 0 radical (unpaired) electrons. The molecule has 1 N–H and O–H groups in total. The summed E-state index contributed by atoms with van der Waals surface area (Å²) in [5, 5.41) is 10.6. The fourth-order valence-electron chi connectivity index (χ4n) is 2.77. The minimum absolute atomic E-state index is 0.0191. The predicted octanol–water partition coefficient (Wildman–Crippen LogP) is 3.43. The van der Waals surface area contributed by atoms with Gasteiger partial charge in [0.2, 0.25) is 0 Å². The van der Waals surface area contributed by atoms with Crippen molar-refractivity contribution in [3.8, 4) is 0 Å². The molecule has 0 bridgehead atoms. The van der Waals surface area contributed by atoms with E-state index in [0.29, 0.717) is 0 Å². The van der Waals surface area contributed by atoms with Crippen LogP contribution < -0.4 is 0 Å². The zero-order valence-corrected chi connectivity index (χ0v) is 10.3. The third-order valence-corrected chi connectivity index (χ3v) is 3.78. The number of hydrogen-bond donors (Lipinski definition) is 1. The zero-order chi connectivity index (χ0) is 14.5. The van der Waals surface area contributed by atoms with Gasteiger partial charge in [0.15, 0.2) is 17.5 Å². The van der Waals surface area contributed by atoms with Crippen LogP contribution in [0, 0.1) is 23.3 Å². The second-order valence-electron chi connectivity index (χ2n) is 4.85. The van der Waals surface area contributed by atoms with Gasteiger partial charge in [0.25, 0.3) is 0 Å². The maximum absolute atomic E-state index is 13.9. The molecule has 5 heteroatoms. The van der Waals surface area contributed by atoms with E-state index in [4.69, 9.17) is 0 Å². The van der Waals surface area contributed by atoms with E-state index in [0.717, 1.165) is 12.1 Å². The molecule has 3 rings (SSSR count). The topological polar surface area (TPSA) is 20.2 Å². The molecule has 2 aromatic rings. The molecule has 0 spiro atoms. The van der Waals surface area contributed by atoms with Gasteiger partial charge in [0, 0.05) is 5.56 Å². The standard InChI is InChI=1S/C15H10F4O/c16-11-3-1-2-9-8(11)6-7-15(9,20)10-4-5-12(17)14(19)13(10)18/h1-5,20H,6-7H2. The normalized spacial score (nSPS) is 21.1. The molecule has 1 nitrogen and oxygen atoms in total. The summed E-state index contributed by atoms with van der Waals surface area (Å²) < 4.78 is 53.8. The highest BCUT2D eigenvalue weighted by Crippen LogP contribution is 2.44. The van der Waals surface area contributed by atoms with Gasteiger partial charge in [-0.2, -0.15) is 0 Å². The lowest BCUT2D eigenvalue weighted by atomic mass is 9.87. The Morgan fingerprint density at radius 1 is 0.850 bits per heavy atom. The molecule has 0 aromatic heterocycles. The van der Waals surface area contributed by atoms with Gasteiger partial charge in [0.05, 0.1) is 0 Å². The van der Waals surface area contributed by atoms with Crippen LogP contribution in [0.2, 0.25) is 0 Å². The monoisotopic (exact) mass is 282 g/mol. The van der Waals surface area contributed by atoms with E-state index in [2.05, 4.69) is 0 Å². The number of fused-ring (bicyclic) bond motifs is 1. The van der Waals surface area contributed by atoms with Crippen LogP contribution in [0.5, 0.6) is 0 Å². The van der Waals surface area contributed by atoms with Crippen LogP contribution in [0.4, 0.5) is 17.6 Å². The van der Waals surface area contributed by atoms with E-state index in [1.807, 2.05) is 0 Å². The van der Waals surface area contributed by atoms with Gasteiger partial charge in [-0.1, -0.05) is 12.1 Å². The lowest BCUT2D eigenvalue weighted by Gasteiger charge is -2.25. The fraction of sp³-hybridized carbons (Fsp3) is 0.200. The maximum atomic E-state index is 13.9. The van der Waals surface area contributed by atoms with Crippen LogP contribution in [0.3, 0.4) is 0 Å². The summed E-state index contributed by atoms with van der Waals surface area (Å²) in [5.74, 6) is -4.90. The highest BCUT2D eigenvalue weighted by molar-refractivity contribution is 5.46. The van der Waals surface area contributed by atoms with Crippen LogP contribution >= 0.6 is 0 Å². The Morgan fingerprint density at radius 2 is 1.60 bits per heavy atom. The van der Waals surface area contributed by atoms with Gasteiger partial charge in [-0.15, -0.1) is 0 Å². The first kappa shape index (κ1) is 13.1. The van der Waals surface area contributed by atoms with Crippen LogP contribution in [0.25, 0.3) is 0 Å². The second-order valence-corrected chi connectivity index (χ2v) is 4.85. The molecule has 1 unspecified atom stereocenters. The van der Waals surface area contributed by atoms with Crippen molar-refractivity contribution in [2.24, 2.45) is 0 Å². The summed E-state index contributed by atoms with van der Waals surface area (Å²) in [7, 11) is 0. The van der Waals surface area contributed by atoms with Gasteiger partial charge < -0.3 is 5.11 Å². The Bertz CT molecular complexity index is 699. The molecule has 0 amide bonds. The van der Waals surface area contributed by atoms with E-state index < -0.39 is 28.9 Å². The minimum Gasteiger partial charge on any atom is -0.380 e. The minimum atomic E-state index is -1.84. The van der Waals surface area contributed by atoms with Gasteiger partial charge in [-0.05, 0) is 42.2 Å².